The van der Waals surface area contributed by atoms with Gasteiger partial charge in [0.05, 0.1) is 49.8 Å². The van der Waals surface area contributed by atoms with Crippen molar-refractivity contribution in [1.82, 2.24) is 10.6 Å². The Labute approximate surface area is 264 Å². The van der Waals surface area contributed by atoms with Gasteiger partial charge in [-0.1, -0.05) is 0 Å². The van der Waals surface area contributed by atoms with E-state index in [2.05, 4.69) is 10.6 Å². The molecule has 0 radical (unpaired) electrons. The molecule has 0 aliphatic rings. The molecule has 0 aromatic heterocycles. The molecule has 0 spiro atoms. The standard InChI is InChI=1S/C22H26I3N3O11/c1-9(30)37-8-13(38-10(2)31)5-27-21(35)15-16(23)14(20(34)26-4)17(24)19(18(15)25)28(6-12(33)7-29)22(36)39-11(3)32/h12-13,29,33H,5-8H2,1-4H3,(H,26,34)(H,27,35). The number of nitrogens with one attached hydrogen (secondary N) is 2. The Kier molecular flexibility index (Phi) is 14.8. The second-order valence-corrected chi connectivity index (χ2v) is 10.9. The molecular formula is C22H26I3N3O11. The lowest BCUT2D eigenvalue weighted by Gasteiger charge is -2.28. The first kappa shape index (κ1) is 35.2. The van der Waals surface area contributed by atoms with E-state index in [1.807, 2.05) is 0 Å². The average Bonchev–Trinajstić information content (AvgIpc) is 2.83. The number of anilines is 1. The molecule has 0 aliphatic carbocycles. The largest absolute Gasteiger partial charge is 0.462 e. The van der Waals surface area contributed by atoms with Crippen LogP contribution in [0.2, 0.25) is 0 Å². The Morgan fingerprint density at radius 1 is 0.897 bits per heavy atom. The van der Waals surface area contributed by atoms with Gasteiger partial charge < -0.3 is 35.1 Å². The van der Waals surface area contributed by atoms with E-state index in [4.69, 9.17) is 14.2 Å². The van der Waals surface area contributed by atoms with Gasteiger partial charge in [0, 0.05) is 31.4 Å². The quantitative estimate of drug-likeness (QED) is 0.107. The van der Waals surface area contributed by atoms with Gasteiger partial charge in [0.1, 0.15) is 6.61 Å². The Bertz CT molecular complexity index is 1150. The van der Waals surface area contributed by atoms with Gasteiger partial charge in [0.25, 0.3) is 11.8 Å². The fourth-order valence-electron chi connectivity index (χ4n) is 2.99. The highest BCUT2D eigenvalue weighted by Gasteiger charge is 2.34. The third-order valence-electron chi connectivity index (χ3n) is 4.60. The molecule has 216 valence electrons. The Morgan fingerprint density at radius 2 is 1.46 bits per heavy atom. The highest BCUT2D eigenvalue weighted by Crippen LogP contribution is 2.38. The number of halogens is 3. The molecule has 0 saturated carbocycles. The molecule has 1 aromatic rings. The summed E-state index contributed by atoms with van der Waals surface area (Å²) in [6.45, 7) is 1.43. The highest BCUT2D eigenvalue weighted by molar-refractivity contribution is 14.1. The first-order chi connectivity index (χ1) is 18.2. The van der Waals surface area contributed by atoms with Gasteiger partial charge >= 0.3 is 24.0 Å². The summed E-state index contributed by atoms with van der Waals surface area (Å²) < 4.78 is 15.2. The zero-order chi connectivity index (χ0) is 30.0. The molecule has 2 unspecified atom stereocenters. The van der Waals surface area contributed by atoms with Crippen molar-refractivity contribution in [3.8, 4) is 0 Å². The average molecular weight is 889 g/mol. The lowest BCUT2D eigenvalue weighted by atomic mass is 10.1. The van der Waals surface area contributed by atoms with Crippen LogP contribution in [0.5, 0.6) is 0 Å². The molecule has 14 nitrogen and oxygen atoms in total. The van der Waals surface area contributed by atoms with E-state index in [1.54, 1.807) is 67.8 Å². The predicted octanol–water partition coefficient (Wildman–Crippen LogP) is 0.927. The molecule has 1 aromatic carbocycles. The third-order valence-corrected chi connectivity index (χ3v) is 7.78. The number of rotatable bonds is 11. The van der Waals surface area contributed by atoms with Crippen molar-refractivity contribution in [2.75, 3.05) is 38.3 Å². The van der Waals surface area contributed by atoms with Gasteiger partial charge in [0.15, 0.2) is 6.10 Å². The van der Waals surface area contributed by atoms with Crippen molar-refractivity contribution < 1.29 is 53.2 Å². The smallest absolute Gasteiger partial charge is 0.422 e. The van der Waals surface area contributed by atoms with Crippen molar-refractivity contribution in [1.29, 1.82) is 0 Å². The molecule has 0 fully saturated rings. The van der Waals surface area contributed by atoms with E-state index in [1.165, 1.54) is 7.05 Å². The summed E-state index contributed by atoms with van der Waals surface area (Å²) in [7, 11) is 1.36. The van der Waals surface area contributed by atoms with Gasteiger partial charge in [-0.2, -0.15) is 0 Å². The Hall–Kier alpha value is -1.85. The monoisotopic (exact) mass is 889 g/mol. The van der Waals surface area contributed by atoms with Crippen molar-refractivity contribution in [3.63, 3.8) is 0 Å². The molecule has 3 amide bonds. The third kappa shape index (κ3) is 10.2. The molecule has 0 saturated heterocycles. The van der Waals surface area contributed by atoms with E-state index in [0.717, 1.165) is 25.7 Å². The minimum absolute atomic E-state index is 0.00910. The first-order valence-corrected chi connectivity index (χ1v) is 14.2. The number of carbonyl (C=O) groups excluding carboxylic acids is 6. The molecule has 1 rings (SSSR count). The van der Waals surface area contributed by atoms with E-state index in [9.17, 15) is 39.0 Å². The maximum absolute atomic E-state index is 13.4. The minimum atomic E-state index is -1.46. The summed E-state index contributed by atoms with van der Waals surface area (Å²) in [5.41, 5.74) is -0.0798. The summed E-state index contributed by atoms with van der Waals surface area (Å²) >= 11 is 5.35. The van der Waals surface area contributed by atoms with E-state index >= 15 is 0 Å². The number of benzene rings is 1. The summed E-state index contributed by atoms with van der Waals surface area (Å²) in [6, 6.07) is 0. The van der Waals surface area contributed by atoms with Gasteiger partial charge in [-0.25, -0.2) is 4.79 Å². The lowest BCUT2D eigenvalue weighted by molar-refractivity contribution is -0.155. The highest BCUT2D eigenvalue weighted by atomic mass is 127. The molecule has 2 atom stereocenters. The molecule has 4 N–H and O–H groups in total. The number of esters is 3. The SMILES string of the molecule is CNC(=O)c1c(I)c(C(=O)NCC(COC(C)=O)OC(C)=O)c(I)c(N(CC(O)CO)C(=O)OC(C)=O)c1I. The number of amides is 3. The van der Waals surface area contributed by atoms with Gasteiger partial charge in [-0.15, -0.1) is 0 Å². The summed E-state index contributed by atoms with van der Waals surface area (Å²) in [4.78, 5) is 74.1. The summed E-state index contributed by atoms with van der Waals surface area (Å²) in [5.74, 6) is -3.60. The summed E-state index contributed by atoms with van der Waals surface area (Å²) in [6.07, 6.45) is -3.69. The second-order valence-electron chi connectivity index (χ2n) is 7.67. The lowest BCUT2D eigenvalue weighted by Crippen LogP contribution is -2.42. The van der Waals surface area contributed by atoms with Crippen LogP contribution in [-0.4, -0.2) is 91.6 Å². The van der Waals surface area contributed by atoms with Crippen LogP contribution >= 0.6 is 67.8 Å². The number of aliphatic hydroxyl groups excluding tert-OH is 2. The normalized spacial score (nSPS) is 12.0. The Morgan fingerprint density at radius 3 is 1.92 bits per heavy atom. The number of hydrogen-bond acceptors (Lipinski definition) is 11. The number of carbonyl (C=O) groups is 6. The van der Waals surface area contributed by atoms with Gasteiger partial charge in [0.2, 0.25) is 0 Å². The number of hydrogen-bond donors (Lipinski definition) is 4. The fourth-order valence-corrected chi connectivity index (χ4v) is 7.72. The maximum Gasteiger partial charge on any atom is 0.422 e. The predicted molar refractivity (Wildman–Crippen MR) is 160 cm³/mol. The molecule has 0 heterocycles. The molecular weight excluding hydrogens is 863 g/mol. The van der Waals surface area contributed by atoms with Crippen LogP contribution in [0.1, 0.15) is 41.5 Å². The van der Waals surface area contributed by atoms with Gasteiger partial charge in [-0.3, -0.25) is 28.9 Å². The van der Waals surface area contributed by atoms with E-state index in [0.29, 0.717) is 0 Å². The van der Waals surface area contributed by atoms with E-state index in [-0.39, 0.29) is 40.7 Å². The van der Waals surface area contributed by atoms with Crippen LogP contribution < -0.4 is 15.5 Å². The number of ether oxygens (including phenoxy) is 3. The van der Waals surface area contributed by atoms with Gasteiger partial charge in [-0.05, 0) is 67.8 Å². The first-order valence-electron chi connectivity index (χ1n) is 11.0. The van der Waals surface area contributed by atoms with Crippen LogP contribution in [0.4, 0.5) is 10.5 Å². The second kappa shape index (κ2) is 16.4. The van der Waals surface area contributed by atoms with E-state index < -0.39 is 61.2 Å². The van der Waals surface area contributed by atoms with Crippen LogP contribution in [-0.2, 0) is 28.6 Å². The maximum atomic E-state index is 13.4. The molecule has 39 heavy (non-hydrogen) atoms. The van der Waals surface area contributed by atoms with Crippen molar-refractivity contribution in [2.45, 2.75) is 33.0 Å². The molecule has 0 aliphatic heterocycles. The summed E-state index contributed by atoms with van der Waals surface area (Å²) in [5, 5.41) is 24.5. The Balaban J connectivity index is 3.71. The van der Waals surface area contributed by atoms with Crippen molar-refractivity contribution in [2.24, 2.45) is 0 Å². The number of nitrogens with zero attached hydrogens (tertiary/aromatic N) is 1. The van der Waals surface area contributed by atoms with Crippen LogP contribution in [0.15, 0.2) is 0 Å². The number of aliphatic hydroxyl groups is 2. The molecule has 17 heteroatoms. The van der Waals surface area contributed by atoms with Crippen LogP contribution in [0.25, 0.3) is 0 Å². The van der Waals surface area contributed by atoms with Crippen LogP contribution in [0.3, 0.4) is 0 Å². The zero-order valence-electron chi connectivity index (χ0n) is 21.1. The van der Waals surface area contributed by atoms with Crippen molar-refractivity contribution in [3.05, 3.63) is 21.8 Å². The zero-order valence-corrected chi connectivity index (χ0v) is 27.6. The molecule has 0 bridgehead atoms. The topological polar surface area (TPSA) is 198 Å². The van der Waals surface area contributed by atoms with Crippen LogP contribution in [0, 0.1) is 10.7 Å². The van der Waals surface area contributed by atoms with Crippen molar-refractivity contribution >= 4 is 109 Å². The minimum Gasteiger partial charge on any atom is -0.462 e. The fraction of sp³-hybridized carbons (Fsp3) is 0.455.